The molecule has 0 amide bonds. The van der Waals surface area contributed by atoms with Gasteiger partial charge in [0.25, 0.3) is 0 Å². The van der Waals surface area contributed by atoms with Gasteiger partial charge in [-0.05, 0) is 39.3 Å². The first-order valence-electron chi connectivity index (χ1n) is 7.61. The molecule has 1 saturated carbocycles. The van der Waals surface area contributed by atoms with Crippen LogP contribution in [0.2, 0.25) is 0 Å². The molecule has 2 rings (SSSR count). The van der Waals surface area contributed by atoms with Crippen LogP contribution >= 0.6 is 0 Å². The number of esters is 1. The van der Waals surface area contributed by atoms with Crippen molar-refractivity contribution in [2.24, 2.45) is 0 Å². The van der Waals surface area contributed by atoms with Crippen molar-refractivity contribution in [1.82, 2.24) is 10.2 Å². The highest BCUT2D eigenvalue weighted by atomic mass is 16.5. The summed E-state index contributed by atoms with van der Waals surface area (Å²) < 4.78 is 5.14. The maximum Gasteiger partial charge on any atom is 0.332 e. The lowest BCUT2D eigenvalue weighted by atomic mass is 9.88. The van der Waals surface area contributed by atoms with Gasteiger partial charge in [-0.15, -0.1) is 0 Å². The monoisotopic (exact) mass is 290 g/mol. The molecule has 0 radical (unpaired) electrons. The Balaban J connectivity index is 2.39. The predicted molar refractivity (Wildman–Crippen MR) is 84.1 cm³/mol. The van der Waals surface area contributed by atoms with E-state index < -0.39 is 5.54 Å². The Morgan fingerprint density at radius 3 is 2.48 bits per heavy atom. The lowest BCUT2D eigenvalue weighted by Crippen LogP contribution is -2.58. The molecule has 0 heterocycles. The molecule has 0 aliphatic heterocycles. The second-order valence-electron chi connectivity index (χ2n) is 6.21. The fourth-order valence-corrected chi connectivity index (χ4v) is 2.87. The SMILES string of the molecule is COC(=O)C(CN(C)C1CC1)(NC(C)C)c1ccccc1. The third-order valence-electron chi connectivity index (χ3n) is 3.99. The number of rotatable bonds is 7. The van der Waals surface area contributed by atoms with Crippen molar-refractivity contribution in [3.05, 3.63) is 35.9 Å². The van der Waals surface area contributed by atoms with Crippen molar-refractivity contribution < 1.29 is 9.53 Å². The number of benzene rings is 1. The lowest BCUT2D eigenvalue weighted by molar-refractivity contribution is -0.150. The second-order valence-corrected chi connectivity index (χ2v) is 6.21. The summed E-state index contributed by atoms with van der Waals surface area (Å²) in [5.41, 5.74) is 0.139. The van der Waals surface area contributed by atoms with Gasteiger partial charge in [-0.3, -0.25) is 5.32 Å². The number of nitrogens with zero attached hydrogens (tertiary/aromatic N) is 1. The van der Waals surface area contributed by atoms with Gasteiger partial charge >= 0.3 is 5.97 Å². The Hall–Kier alpha value is -1.39. The molecule has 116 valence electrons. The molecular weight excluding hydrogens is 264 g/mol. The first-order chi connectivity index (χ1) is 9.99. The molecule has 1 atom stereocenters. The second kappa shape index (κ2) is 6.58. The molecule has 1 aromatic carbocycles. The van der Waals surface area contributed by atoms with Crippen LogP contribution in [0.25, 0.3) is 0 Å². The summed E-state index contributed by atoms with van der Waals surface area (Å²) >= 11 is 0. The Labute approximate surface area is 127 Å². The van der Waals surface area contributed by atoms with Gasteiger partial charge in [0.05, 0.1) is 7.11 Å². The fourth-order valence-electron chi connectivity index (χ4n) is 2.87. The Bertz CT molecular complexity index is 471. The zero-order valence-corrected chi connectivity index (χ0v) is 13.4. The van der Waals surface area contributed by atoms with Crippen LogP contribution in [0.4, 0.5) is 0 Å². The van der Waals surface area contributed by atoms with E-state index in [0.29, 0.717) is 12.6 Å². The Morgan fingerprint density at radius 1 is 1.38 bits per heavy atom. The lowest BCUT2D eigenvalue weighted by Gasteiger charge is -2.37. The van der Waals surface area contributed by atoms with Crippen molar-refractivity contribution in [2.75, 3.05) is 20.7 Å². The molecule has 1 unspecified atom stereocenters. The van der Waals surface area contributed by atoms with Gasteiger partial charge < -0.3 is 9.64 Å². The zero-order chi connectivity index (χ0) is 15.5. The van der Waals surface area contributed by atoms with Crippen LogP contribution in [0.15, 0.2) is 30.3 Å². The molecule has 1 fully saturated rings. The van der Waals surface area contributed by atoms with Crippen LogP contribution < -0.4 is 5.32 Å². The van der Waals surface area contributed by atoms with Crippen molar-refractivity contribution in [3.63, 3.8) is 0 Å². The largest absolute Gasteiger partial charge is 0.467 e. The quantitative estimate of drug-likeness (QED) is 0.781. The van der Waals surface area contributed by atoms with Gasteiger partial charge in [-0.25, -0.2) is 4.79 Å². The van der Waals surface area contributed by atoms with Crippen LogP contribution in [0.5, 0.6) is 0 Å². The standard InChI is InChI=1S/C17H26N2O2/c1-13(2)18-17(16(20)21-4,12-19(3)15-10-11-15)14-8-6-5-7-9-14/h5-9,13,15,18H,10-12H2,1-4H3. The van der Waals surface area contributed by atoms with Gasteiger partial charge in [-0.1, -0.05) is 30.3 Å². The average Bonchev–Trinajstić information content (AvgIpc) is 3.30. The van der Waals surface area contributed by atoms with Crippen molar-refractivity contribution >= 4 is 5.97 Å². The fraction of sp³-hybridized carbons (Fsp3) is 0.588. The van der Waals surface area contributed by atoms with Crippen LogP contribution in [-0.4, -0.2) is 43.7 Å². The zero-order valence-electron chi connectivity index (χ0n) is 13.4. The normalized spacial score (nSPS) is 17.8. The molecule has 1 aromatic rings. The first kappa shape index (κ1) is 16.0. The summed E-state index contributed by atoms with van der Waals surface area (Å²) in [4.78, 5) is 14.9. The van der Waals surface area contributed by atoms with Crippen LogP contribution in [0.3, 0.4) is 0 Å². The maximum absolute atomic E-state index is 12.6. The summed E-state index contributed by atoms with van der Waals surface area (Å²) in [6.45, 7) is 4.72. The first-order valence-corrected chi connectivity index (χ1v) is 7.61. The van der Waals surface area contributed by atoms with E-state index in [1.54, 1.807) is 0 Å². The van der Waals surface area contributed by atoms with Crippen LogP contribution in [-0.2, 0) is 15.1 Å². The molecular formula is C17H26N2O2. The van der Waals surface area contributed by atoms with Crippen LogP contribution in [0, 0.1) is 0 Å². The Morgan fingerprint density at radius 2 is 2.00 bits per heavy atom. The molecule has 0 bridgehead atoms. The van der Waals surface area contributed by atoms with E-state index in [4.69, 9.17) is 4.74 Å². The number of nitrogens with one attached hydrogen (secondary N) is 1. The molecule has 1 aliphatic carbocycles. The number of methoxy groups -OCH3 is 1. The predicted octanol–water partition coefficient (Wildman–Crippen LogP) is 2.15. The molecule has 4 nitrogen and oxygen atoms in total. The minimum Gasteiger partial charge on any atom is -0.467 e. The summed E-state index contributed by atoms with van der Waals surface area (Å²) in [7, 11) is 3.54. The highest BCUT2D eigenvalue weighted by Crippen LogP contribution is 2.31. The summed E-state index contributed by atoms with van der Waals surface area (Å²) in [6.07, 6.45) is 2.43. The molecule has 0 saturated heterocycles. The number of carbonyl (C=O) groups is 1. The van der Waals surface area contributed by atoms with E-state index >= 15 is 0 Å². The third kappa shape index (κ3) is 3.63. The number of hydrogen-bond donors (Lipinski definition) is 1. The molecule has 0 aromatic heterocycles. The third-order valence-corrected chi connectivity index (χ3v) is 3.99. The molecule has 21 heavy (non-hydrogen) atoms. The molecule has 1 N–H and O–H groups in total. The Kier molecular flexibility index (Phi) is 5.01. The van der Waals surface area contributed by atoms with Gasteiger partial charge in [-0.2, -0.15) is 0 Å². The number of likely N-dealkylation sites (N-methyl/N-ethyl adjacent to an activating group) is 1. The van der Waals surface area contributed by atoms with Crippen LogP contribution in [0.1, 0.15) is 32.3 Å². The van der Waals surface area contributed by atoms with Gasteiger partial charge in [0.15, 0.2) is 5.54 Å². The van der Waals surface area contributed by atoms with Gasteiger partial charge in [0.2, 0.25) is 0 Å². The van der Waals surface area contributed by atoms with E-state index in [9.17, 15) is 4.79 Å². The highest BCUT2D eigenvalue weighted by molar-refractivity contribution is 5.83. The van der Waals surface area contributed by atoms with Crippen molar-refractivity contribution in [3.8, 4) is 0 Å². The number of ether oxygens (including phenoxy) is 1. The summed E-state index contributed by atoms with van der Waals surface area (Å²) in [5, 5.41) is 3.46. The minimum atomic E-state index is -0.818. The molecule has 1 aliphatic rings. The number of hydrogen-bond acceptors (Lipinski definition) is 4. The highest BCUT2D eigenvalue weighted by Gasteiger charge is 2.44. The van der Waals surface area contributed by atoms with E-state index in [0.717, 1.165) is 5.56 Å². The van der Waals surface area contributed by atoms with E-state index in [1.165, 1.54) is 20.0 Å². The minimum absolute atomic E-state index is 0.178. The van der Waals surface area contributed by atoms with Gasteiger partial charge in [0.1, 0.15) is 0 Å². The topological polar surface area (TPSA) is 41.6 Å². The molecule has 0 spiro atoms. The summed E-state index contributed by atoms with van der Waals surface area (Å²) in [5.74, 6) is -0.227. The number of carbonyl (C=O) groups excluding carboxylic acids is 1. The smallest absolute Gasteiger partial charge is 0.332 e. The molecule has 4 heteroatoms. The van der Waals surface area contributed by atoms with E-state index in [2.05, 4.69) is 31.1 Å². The summed E-state index contributed by atoms with van der Waals surface area (Å²) in [6, 6.07) is 10.6. The maximum atomic E-state index is 12.6. The van der Waals surface area contributed by atoms with Gasteiger partial charge in [0, 0.05) is 18.6 Å². The van der Waals surface area contributed by atoms with Crippen molar-refractivity contribution in [1.29, 1.82) is 0 Å². The average molecular weight is 290 g/mol. The van der Waals surface area contributed by atoms with E-state index in [1.807, 2.05) is 30.3 Å². The van der Waals surface area contributed by atoms with Crippen molar-refractivity contribution in [2.45, 2.75) is 44.3 Å². The van der Waals surface area contributed by atoms with E-state index in [-0.39, 0.29) is 12.0 Å².